The molecular weight excluding hydrogens is 278 g/mol. The number of benzene rings is 1. The zero-order valence-electron chi connectivity index (χ0n) is 11.1. The van der Waals surface area contributed by atoms with Gasteiger partial charge in [0.05, 0.1) is 21.6 Å². The summed E-state index contributed by atoms with van der Waals surface area (Å²) in [6, 6.07) is 3.95. The van der Waals surface area contributed by atoms with Gasteiger partial charge in [-0.15, -0.1) is 11.3 Å². The van der Waals surface area contributed by atoms with Crippen LogP contribution in [0, 0.1) is 6.92 Å². The lowest BCUT2D eigenvalue weighted by molar-refractivity contribution is 0.706. The normalized spacial score (nSPS) is 11.3. The molecule has 1 heterocycles. The maximum Gasteiger partial charge on any atom is 0.0907 e. The third-order valence-corrected chi connectivity index (χ3v) is 3.84. The van der Waals surface area contributed by atoms with Gasteiger partial charge in [0, 0.05) is 18.6 Å². The van der Waals surface area contributed by atoms with Gasteiger partial charge >= 0.3 is 0 Å². The van der Waals surface area contributed by atoms with E-state index in [9.17, 15) is 0 Å². The standard InChI is InChI=1S/C14H16ClN3S/c1-4-18(3)9-16-6-5-11-7-12(15)8-13-14(11)17-10(2)19-13/h4,7-9H,1,5-6H2,2-3H3. The van der Waals surface area contributed by atoms with Crippen LogP contribution in [0.3, 0.4) is 0 Å². The van der Waals surface area contributed by atoms with Crippen LogP contribution in [0.4, 0.5) is 0 Å². The molecule has 5 heteroatoms. The van der Waals surface area contributed by atoms with Gasteiger partial charge in [0.15, 0.2) is 0 Å². The number of rotatable bonds is 5. The molecule has 0 bridgehead atoms. The van der Waals surface area contributed by atoms with Gasteiger partial charge in [-0.3, -0.25) is 4.99 Å². The summed E-state index contributed by atoms with van der Waals surface area (Å²) >= 11 is 7.81. The van der Waals surface area contributed by atoms with E-state index in [-0.39, 0.29) is 0 Å². The smallest absolute Gasteiger partial charge is 0.0907 e. The Morgan fingerprint density at radius 3 is 3.05 bits per heavy atom. The Morgan fingerprint density at radius 1 is 1.53 bits per heavy atom. The molecule has 2 aromatic rings. The first-order valence-electron chi connectivity index (χ1n) is 6.00. The third-order valence-electron chi connectivity index (χ3n) is 2.71. The fourth-order valence-corrected chi connectivity index (χ4v) is 3.00. The highest BCUT2D eigenvalue weighted by Crippen LogP contribution is 2.28. The van der Waals surface area contributed by atoms with Gasteiger partial charge in [-0.1, -0.05) is 18.2 Å². The zero-order chi connectivity index (χ0) is 13.8. The molecule has 0 fully saturated rings. The lowest BCUT2D eigenvalue weighted by Gasteiger charge is -2.04. The summed E-state index contributed by atoms with van der Waals surface area (Å²) in [5, 5.41) is 1.83. The van der Waals surface area contributed by atoms with Crippen LogP contribution < -0.4 is 0 Å². The molecule has 0 aliphatic heterocycles. The van der Waals surface area contributed by atoms with Crippen molar-refractivity contribution in [3.63, 3.8) is 0 Å². The van der Waals surface area contributed by atoms with E-state index in [0.29, 0.717) is 6.54 Å². The SMILES string of the molecule is C=CN(C)C=NCCc1cc(Cl)cc2sc(C)nc12. The highest BCUT2D eigenvalue weighted by Gasteiger charge is 2.07. The summed E-state index contributed by atoms with van der Waals surface area (Å²) in [6.07, 6.45) is 4.31. The largest absolute Gasteiger partial charge is 0.343 e. The van der Waals surface area contributed by atoms with Crippen LogP contribution in [0.2, 0.25) is 5.02 Å². The minimum Gasteiger partial charge on any atom is -0.343 e. The molecule has 0 radical (unpaired) electrons. The summed E-state index contributed by atoms with van der Waals surface area (Å²) in [4.78, 5) is 10.7. The van der Waals surface area contributed by atoms with Gasteiger partial charge in [-0.05, 0) is 37.2 Å². The van der Waals surface area contributed by atoms with Crippen molar-refractivity contribution < 1.29 is 0 Å². The molecule has 3 nitrogen and oxygen atoms in total. The lowest BCUT2D eigenvalue weighted by atomic mass is 10.1. The van der Waals surface area contributed by atoms with Gasteiger partial charge in [-0.25, -0.2) is 4.98 Å². The summed E-state index contributed by atoms with van der Waals surface area (Å²) < 4.78 is 1.15. The first-order valence-corrected chi connectivity index (χ1v) is 7.19. The molecule has 0 aliphatic rings. The van der Waals surface area contributed by atoms with E-state index in [1.54, 1.807) is 23.9 Å². The van der Waals surface area contributed by atoms with E-state index in [0.717, 1.165) is 32.2 Å². The quantitative estimate of drug-likeness (QED) is 0.618. The molecule has 0 aliphatic carbocycles. The van der Waals surface area contributed by atoms with Crippen molar-refractivity contribution >= 4 is 39.5 Å². The van der Waals surface area contributed by atoms with Crippen molar-refractivity contribution in [1.29, 1.82) is 0 Å². The molecule has 1 aromatic heterocycles. The Kier molecular flexibility index (Phi) is 4.56. The minimum atomic E-state index is 0.712. The van der Waals surface area contributed by atoms with Gasteiger partial charge in [0.2, 0.25) is 0 Å². The molecule has 0 amide bonds. The summed E-state index contributed by atoms with van der Waals surface area (Å²) in [5.74, 6) is 0. The first kappa shape index (κ1) is 14.0. The Bertz CT molecular complexity index is 618. The summed E-state index contributed by atoms with van der Waals surface area (Å²) in [6.45, 7) is 6.39. The van der Waals surface area contributed by atoms with Crippen molar-refractivity contribution in [2.45, 2.75) is 13.3 Å². The van der Waals surface area contributed by atoms with Gasteiger partial charge < -0.3 is 4.90 Å². The summed E-state index contributed by atoms with van der Waals surface area (Å²) in [5.41, 5.74) is 2.21. The number of thiazole rings is 1. The maximum absolute atomic E-state index is 6.14. The molecule has 2 rings (SSSR count). The molecule has 100 valence electrons. The molecule has 1 aromatic carbocycles. The average molecular weight is 294 g/mol. The molecule has 0 N–H and O–H groups in total. The van der Waals surface area contributed by atoms with Crippen LogP contribution in [0.25, 0.3) is 10.2 Å². The fraction of sp³-hybridized carbons (Fsp3) is 0.286. The number of hydrogen-bond acceptors (Lipinski definition) is 3. The second kappa shape index (κ2) is 6.17. The second-order valence-electron chi connectivity index (χ2n) is 4.26. The van der Waals surface area contributed by atoms with Crippen molar-refractivity contribution in [2.24, 2.45) is 4.99 Å². The molecule has 19 heavy (non-hydrogen) atoms. The predicted octanol–water partition coefficient (Wildman–Crippen LogP) is 3.90. The van der Waals surface area contributed by atoms with Crippen molar-refractivity contribution in [1.82, 2.24) is 9.88 Å². The molecule has 0 spiro atoms. The van der Waals surface area contributed by atoms with Crippen LogP contribution in [0.1, 0.15) is 10.6 Å². The number of nitrogens with zero attached hydrogens (tertiary/aromatic N) is 3. The van der Waals surface area contributed by atoms with Gasteiger partial charge in [0.1, 0.15) is 0 Å². The predicted molar refractivity (Wildman–Crippen MR) is 84.4 cm³/mol. The molecule has 0 unspecified atom stereocenters. The molecule has 0 atom stereocenters. The monoisotopic (exact) mass is 293 g/mol. The van der Waals surface area contributed by atoms with Crippen molar-refractivity contribution in [3.05, 3.63) is 40.5 Å². The van der Waals surface area contributed by atoms with E-state index in [1.165, 1.54) is 0 Å². The number of aryl methyl sites for hydroxylation is 1. The number of aliphatic imine (C=N–C) groups is 1. The Balaban J connectivity index is 2.16. The molecular formula is C14H16ClN3S. The van der Waals surface area contributed by atoms with Crippen LogP contribution in [0.15, 0.2) is 29.9 Å². The number of halogens is 1. The Labute approximate surface area is 122 Å². The van der Waals surface area contributed by atoms with Gasteiger partial charge in [-0.2, -0.15) is 0 Å². The van der Waals surface area contributed by atoms with Crippen LogP contribution in [0.5, 0.6) is 0 Å². The van der Waals surface area contributed by atoms with Gasteiger partial charge in [0.25, 0.3) is 0 Å². The number of hydrogen-bond donors (Lipinski definition) is 0. The first-order chi connectivity index (χ1) is 9.10. The van der Waals surface area contributed by atoms with Crippen molar-refractivity contribution in [3.8, 4) is 0 Å². The summed E-state index contributed by atoms with van der Waals surface area (Å²) in [7, 11) is 1.90. The number of aromatic nitrogens is 1. The third kappa shape index (κ3) is 3.55. The van der Waals surface area contributed by atoms with E-state index < -0.39 is 0 Å². The number of fused-ring (bicyclic) bond motifs is 1. The van der Waals surface area contributed by atoms with Crippen LogP contribution >= 0.6 is 22.9 Å². The second-order valence-corrected chi connectivity index (χ2v) is 5.94. The van der Waals surface area contributed by atoms with Crippen molar-refractivity contribution in [2.75, 3.05) is 13.6 Å². The van der Waals surface area contributed by atoms with E-state index in [2.05, 4.69) is 16.6 Å². The Hall–Kier alpha value is -1.39. The van der Waals surface area contributed by atoms with E-state index >= 15 is 0 Å². The zero-order valence-corrected chi connectivity index (χ0v) is 12.6. The van der Waals surface area contributed by atoms with Crippen LogP contribution in [-0.2, 0) is 6.42 Å². The highest BCUT2D eigenvalue weighted by molar-refractivity contribution is 7.18. The maximum atomic E-state index is 6.14. The molecule has 0 saturated heterocycles. The van der Waals surface area contributed by atoms with E-state index in [1.807, 2.05) is 31.0 Å². The minimum absolute atomic E-state index is 0.712. The average Bonchev–Trinajstić information content (AvgIpc) is 2.74. The fourth-order valence-electron chi connectivity index (χ4n) is 1.78. The Morgan fingerprint density at radius 2 is 2.32 bits per heavy atom. The molecule has 0 saturated carbocycles. The van der Waals surface area contributed by atoms with Crippen LogP contribution in [-0.4, -0.2) is 29.8 Å². The lowest BCUT2D eigenvalue weighted by Crippen LogP contribution is -2.06. The topological polar surface area (TPSA) is 28.5 Å². The van der Waals surface area contributed by atoms with E-state index in [4.69, 9.17) is 11.6 Å². The highest BCUT2D eigenvalue weighted by atomic mass is 35.5.